The Morgan fingerprint density at radius 3 is 2.59 bits per heavy atom. The summed E-state index contributed by atoms with van der Waals surface area (Å²) in [5.74, 6) is 1.57. The van der Waals surface area contributed by atoms with Crippen molar-refractivity contribution in [3.63, 3.8) is 0 Å². The molecule has 44 heavy (non-hydrogen) atoms. The lowest BCUT2D eigenvalue weighted by molar-refractivity contribution is 0.0602. The maximum atomic E-state index is 13.0. The maximum Gasteiger partial charge on any atom is 0.349 e. The number of thiophene rings is 1. The number of benzene rings is 2. The summed E-state index contributed by atoms with van der Waals surface area (Å²) in [5, 5.41) is 14.2. The number of fused-ring (bicyclic) bond motifs is 5. The van der Waals surface area contributed by atoms with Gasteiger partial charge < -0.3 is 10.1 Å². The quantitative estimate of drug-likeness (QED) is 0.239. The van der Waals surface area contributed by atoms with Crippen LogP contribution >= 0.6 is 11.3 Å². The molecule has 2 aliphatic heterocycles. The number of esters is 1. The molecule has 3 aromatic heterocycles. The van der Waals surface area contributed by atoms with E-state index in [4.69, 9.17) is 4.74 Å². The molecule has 11 nitrogen and oxygen atoms in total. The fraction of sp³-hybridized carbons (Fsp3) is 0.226. The van der Waals surface area contributed by atoms with Crippen molar-refractivity contribution >= 4 is 38.8 Å². The first-order valence-electron chi connectivity index (χ1n) is 14.2. The molecule has 5 heterocycles. The molecule has 2 N–H and O–H groups in total. The number of methoxy groups -OCH3 is 1. The average molecular weight is 628 g/mol. The molecule has 1 saturated heterocycles. The molecule has 1 fully saturated rings. The first-order chi connectivity index (χ1) is 21.4. The Balaban J connectivity index is 1.04. The summed E-state index contributed by atoms with van der Waals surface area (Å²) in [7, 11) is -2.59. The highest BCUT2D eigenvalue weighted by molar-refractivity contribution is 7.89. The highest BCUT2D eigenvalue weighted by Crippen LogP contribution is 2.39. The highest BCUT2D eigenvalue weighted by atomic mass is 32.2. The highest BCUT2D eigenvalue weighted by Gasteiger charge is 2.29. The molecular weight excluding hydrogens is 599 g/mol. The molecule has 0 spiro atoms. The van der Waals surface area contributed by atoms with E-state index in [0.29, 0.717) is 12.8 Å². The number of nitrogens with one attached hydrogen (secondary N) is 2. The van der Waals surface area contributed by atoms with Crippen LogP contribution in [-0.2, 0) is 21.3 Å². The molecule has 0 saturated carbocycles. The number of sulfonamides is 1. The Kier molecular flexibility index (Phi) is 7.46. The van der Waals surface area contributed by atoms with Crippen molar-refractivity contribution in [2.45, 2.75) is 30.3 Å². The number of likely N-dealkylation sites (tertiary alicyclic amines) is 1. The van der Waals surface area contributed by atoms with Gasteiger partial charge in [-0.15, -0.1) is 21.5 Å². The number of carbonyl (C=O) groups is 1. The molecule has 224 valence electrons. The summed E-state index contributed by atoms with van der Waals surface area (Å²) in [6.45, 7) is 2.24. The first kappa shape index (κ1) is 28.3. The molecule has 2 aromatic carbocycles. The van der Waals surface area contributed by atoms with Crippen LogP contribution in [0, 0.1) is 0 Å². The Labute approximate surface area is 258 Å². The van der Waals surface area contributed by atoms with Crippen molar-refractivity contribution < 1.29 is 17.9 Å². The predicted octanol–water partition coefficient (Wildman–Crippen LogP) is 4.84. The lowest BCUT2D eigenvalue weighted by atomic mass is 10.0. The number of hydrogen-bond donors (Lipinski definition) is 2. The minimum absolute atomic E-state index is 0.0262. The summed E-state index contributed by atoms with van der Waals surface area (Å²) in [5.41, 5.74) is 4.84. The van der Waals surface area contributed by atoms with Crippen molar-refractivity contribution in [1.29, 1.82) is 0 Å². The van der Waals surface area contributed by atoms with E-state index in [-0.39, 0.29) is 15.8 Å². The zero-order chi connectivity index (χ0) is 30.3. The molecule has 0 unspecified atom stereocenters. The van der Waals surface area contributed by atoms with Crippen molar-refractivity contribution in [3.8, 4) is 28.5 Å². The van der Waals surface area contributed by atoms with Crippen molar-refractivity contribution in [1.82, 2.24) is 29.4 Å². The van der Waals surface area contributed by atoms with Crippen LogP contribution in [0.2, 0.25) is 0 Å². The number of piperidine rings is 1. The van der Waals surface area contributed by atoms with Gasteiger partial charge in [0.2, 0.25) is 10.0 Å². The monoisotopic (exact) mass is 627 g/mol. The average Bonchev–Trinajstić information content (AvgIpc) is 3.69. The number of para-hydroxylation sites is 1. The summed E-state index contributed by atoms with van der Waals surface area (Å²) in [4.78, 5) is 18.9. The molecule has 0 bridgehead atoms. The van der Waals surface area contributed by atoms with E-state index in [0.717, 1.165) is 76.5 Å². The number of anilines is 2. The SMILES string of the molecule is COC(=O)c1sccc1S(=O)(=O)NC1CCN(Cc2ccc(-c3nnc4n3-c3cccnc3Nc3ccccc3-4)cc2)CC1. The van der Waals surface area contributed by atoms with Gasteiger partial charge in [-0.3, -0.25) is 9.47 Å². The molecule has 0 aliphatic carbocycles. The molecule has 13 heteroatoms. The largest absolute Gasteiger partial charge is 0.465 e. The molecule has 0 amide bonds. The van der Waals surface area contributed by atoms with Gasteiger partial charge in [0.15, 0.2) is 17.5 Å². The number of ether oxygens (including phenoxy) is 1. The molecule has 0 atom stereocenters. The normalized spacial score (nSPS) is 15.0. The second-order valence-corrected chi connectivity index (χ2v) is 13.3. The van der Waals surface area contributed by atoms with Gasteiger partial charge in [-0.25, -0.2) is 22.9 Å². The van der Waals surface area contributed by atoms with Gasteiger partial charge in [0.25, 0.3) is 0 Å². The van der Waals surface area contributed by atoms with Crippen LogP contribution in [0.15, 0.2) is 83.2 Å². The van der Waals surface area contributed by atoms with Gasteiger partial charge in [0.05, 0.1) is 18.5 Å². The molecule has 5 aromatic rings. The third-order valence-electron chi connectivity index (χ3n) is 7.93. The second kappa shape index (κ2) is 11.6. The van der Waals surface area contributed by atoms with Crippen LogP contribution in [0.4, 0.5) is 11.5 Å². The summed E-state index contributed by atoms with van der Waals surface area (Å²) in [6, 6.07) is 21.5. The van der Waals surface area contributed by atoms with Crippen molar-refractivity contribution in [2.24, 2.45) is 0 Å². The summed E-state index contributed by atoms with van der Waals surface area (Å²) >= 11 is 1.06. The van der Waals surface area contributed by atoms with Crippen molar-refractivity contribution in [3.05, 3.63) is 88.7 Å². The Bertz CT molecular complexity index is 1950. The van der Waals surface area contributed by atoms with Crippen LogP contribution in [-0.4, -0.2) is 65.3 Å². The van der Waals surface area contributed by atoms with Gasteiger partial charge in [0.1, 0.15) is 9.77 Å². The topological polar surface area (TPSA) is 131 Å². The van der Waals surface area contributed by atoms with E-state index < -0.39 is 16.0 Å². The number of nitrogens with zero attached hydrogens (tertiary/aromatic N) is 5. The third kappa shape index (κ3) is 5.28. The fourth-order valence-corrected chi connectivity index (χ4v) is 8.36. The zero-order valence-corrected chi connectivity index (χ0v) is 25.4. The first-order valence-corrected chi connectivity index (χ1v) is 16.5. The van der Waals surface area contributed by atoms with Crippen LogP contribution < -0.4 is 10.0 Å². The van der Waals surface area contributed by atoms with Gasteiger partial charge in [-0.1, -0.05) is 36.4 Å². The lowest BCUT2D eigenvalue weighted by Gasteiger charge is -2.32. The predicted molar refractivity (Wildman–Crippen MR) is 168 cm³/mol. The number of rotatable bonds is 7. The second-order valence-electron chi connectivity index (χ2n) is 10.7. The van der Waals surface area contributed by atoms with E-state index in [9.17, 15) is 13.2 Å². The number of carbonyl (C=O) groups excluding carboxylic acids is 1. The Morgan fingerprint density at radius 1 is 1.02 bits per heavy atom. The van der Waals surface area contributed by atoms with E-state index in [1.165, 1.54) is 13.2 Å². The van der Waals surface area contributed by atoms with Gasteiger partial charge in [-0.2, -0.15) is 0 Å². The molecule has 2 aliphatic rings. The Hall–Kier alpha value is -4.43. The van der Waals surface area contributed by atoms with E-state index in [1.807, 2.05) is 41.0 Å². The Morgan fingerprint density at radius 2 is 1.80 bits per heavy atom. The van der Waals surface area contributed by atoms with Gasteiger partial charge >= 0.3 is 5.97 Å². The van der Waals surface area contributed by atoms with Crippen LogP contribution in [0.1, 0.15) is 28.1 Å². The van der Waals surface area contributed by atoms with Crippen LogP contribution in [0.25, 0.3) is 28.5 Å². The number of pyridine rings is 1. The third-order valence-corrected chi connectivity index (χ3v) is 10.5. The van der Waals surface area contributed by atoms with Crippen LogP contribution in [0.5, 0.6) is 0 Å². The van der Waals surface area contributed by atoms with E-state index in [1.54, 1.807) is 11.6 Å². The molecule has 0 radical (unpaired) electrons. The summed E-state index contributed by atoms with van der Waals surface area (Å²) in [6.07, 6.45) is 3.11. The van der Waals surface area contributed by atoms with Gasteiger partial charge in [0, 0.05) is 43.0 Å². The van der Waals surface area contributed by atoms with E-state index in [2.05, 4.69) is 54.4 Å². The minimum Gasteiger partial charge on any atom is -0.465 e. The molecular formula is C31H29N7O4S2. The van der Waals surface area contributed by atoms with Crippen molar-refractivity contribution in [2.75, 3.05) is 25.5 Å². The smallest absolute Gasteiger partial charge is 0.349 e. The standard InChI is InChI=1S/C31H29N7O4S2/c1-42-31(39)27-26(14-18-43-27)44(40,41)36-22-12-16-37(17-13-22)19-20-8-10-21(11-9-20)29-34-35-30-23-5-2-3-6-24(23)33-28-25(38(29)30)7-4-15-32-28/h2-11,14-15,18,22,36H,12-13,16-17,19H2,1H3,(H,32,33). The maximum absolute atomic E-state index is 13.0. The zero-order valence-electron chi connectivity index (χ0n) is 23.8. The number of hydrogen-bond acceptors (Lipinski definition) is 10. The molecule has 7 rings (SSSR count). The van der Waals surface area contributed by atoms with Gasteiger partial charge in [-0.05, 0) is 54.1 Å². The minimum atomic E-state index is -3.83. The fourth-order valence-electron chi connectivity index (χ4n) is 5.72. The number of aromatic nitrogens is 4. The van der Waals surface area contributed by atoms with E-state index >= 15 is 0 Å². The summed E-state index contributed by atoms with van der Waals surface area (Å²) < 4.78 is 35.6. The lowest BCUT2D eigenvalue weighted by Crippen LogP contribution is -2.44. The van der Waals surface area contributed by atoms with Crippen LogP contribution in [0.3, 0.4) is 0 Å².